The second-order valence-corrected chi connectivity index (χ2v) is 9.18. The van der Waals surface area contributed by atoms with Gasteiger partial charge in [0.15, 0.2) is 11.5 Å². The Hall–Kier alpha value is -3.70. The minimum absolute atomic E-state index is 0.0374. The summed E-state index contributed by atoms with van der Waals surface area (Å²) < 4.78 is 44.7. The van der Waals surface area contributed by atoms with E-state index in [1.54, 1.807) is 12.3 Å². The quantitative estimate of drug-likeness (QED) is 0.448. The summed E-state index contributed by atoms with van der Waals surface area (Å²) in [7, 11) is 0. The van der Waals surface area contributed by atoms with Crippen molar-refractivity contribution in [1.82, 2.24) is 34.7 Å². The molecular formula is C23H23F3N8O. The van der Waals surface area contributed by atoms with Crippen molar-refractivity contribution in [3.8, 4) is 11.4 Å². The molecule has 1 aliphatic carbocycles. The van der Waals surface area contributed by atoms with Crippen LogP contribution in [0.4, 0.5) is 19.1 Å². The van der Waals surface area contributed by atoms with Crippen LogP contribution in [0.3, 0.4) is 0 Å². The molecule has 1 aromatic carbocycles. The zero-order valence-corrected chi connectivity index (χ0v) is 18.7. The third-order valence-corrected chi connectivity index (χ3v) is 6.48. The van der Waals surface area contributed by atoms with Gasteiger partial charge in [-0.2, -0.15) is 22.8 Å². The summed E-state index contributed by atoms with van der Waals surface area (Å²) in [5, 5.41) is 15.0. The van der Waals surface area contributed by atoms with Crippen LogP contribution in [-0.4, -0.2) is 47.9 Å². The topological polar surface area (TPSA) is 102 Å². The van der Waals surface area contributed by atoms with Gasteiger partial charge in [0.05, 0.1) is 22.8 Å². The molecular weight excluding hydrogens is 461 g/mol. The number of halogens is 3. The molecule has 35 heavy (non-hydrogen) atoms. The average molecular weight is 484 g/mol. The molecule has 2 fully saturated rings. The molecule has 0 unspecified atom stereocenters. The minimum atomic E-state index is -4.60. The second-order valence-electron chi connectivity index (χ2n) is 9.18. The van der Waals surface area contributed by atoms with Gasteiger partial charge in [-0.15, -0.1) is 5.10 Å². The molecule has 6 rings (SSSR count). The van der Waals surface area contributed by atoms with Crippen LogP contribution in [0.5, 0.6) is 0 Å². The molecule has 4 heterocycles. The van der Waals surface area contributed by atoms with Crippen molar-refractivity contribution in [3.63, 3.8) is 0 Å². The van der Waals surface area contributed by atoms with Crippen LogP contribution in [0.1, 0.15) is 37.7 Å². The maximum Gasteiger partial charge on any atom is 0.418 e. The molecule has 1 saturated heterocycles. The third-order valence-electron chi connectivity index (χ3n) is 6.48. The zero-order valence-electron chi connectivity index (χ0n) is 18.7. The van der Waals surface area contributed by atoms with Crippen LogP contribution < -0.4 is 10.6 Å². The smallest absolute Gasteiger partial charge is 0.354 e. The number of carbonyl (C=O) groups is 1. The predicted octanol–water partition coefficient (Wildman–Crippen LogP) is 3.65. The first-order valence-electron chi connectivity index (χ1n) is 11.7. The van der Waals surface area contributed by atoms with Gasteiger partial charge in [0.2, 0.25) is 11.9 Å². The molecule has 3 aromatic heterocycles. The first kappa shape index (κ1) is 21.8. The van der Waals surface area contributed by atoms with E-state index in [0.29, 0.717) is 30.3 Å². The molecule has 1 amide bonds. The number of nitrogens with one attached hydrogen (secondary N) is 2. The van der Waals surface area contributed by atoms with E-state index < -0.39 is 17.8 Å². The van der Waals surface area contributed by atoms with Crippen molar-refractivity contribution in [2.45, 2.75) is 50.9 Å². The van der Waals surface area contributed by atoms with Crippen molar-refractivity contribution < 1.29 is 18.0 Å². The third kappa shape index (κ3) is 4.17. The number of hydrogen-bond acceptors (Lipinski definition) is 6. The van der Waals surface area contributed by atoms with Crippen LogP contribution in [0, 0.1) is 5.92 Å². The van der Waals surface area contributed by atoms with Gasteiger partial charge in [-0.1, -0.05) is 6.07 Å². The fourth-order valence-electron chi connectivity index (χ4n) is 4.45. The highest BCUT2D eigenvalue weighted by Crippen LogP contribution is 2.36. The number of fused-ring (bicyclic) bond motifs is 3. The van der Waals surface area contributed by atoms with E-state index in [9.17, 15) is 18.0 Å². The van der Waals surface area contributed by atoms with Crippen LogP contribution in [0.15, 0.2) is 30.6 Å². The van der Waals surface area contributed by atoms with E-state index in [1.165, 1.54) is 23.4 Å². The first-order valence-corrected chi connectivity index (χ1v) is 11.7. The van der Waals surface area contributed by atoms with Crippen LogP contribution in [-0.2, 0) is 17.5 Å². The molecule has 1 atom stereocenters. The number of para-hydroxylation sites is 1. The first-order chi connectivity index (χ1) is 16.9. The highest BCUT2D eigenvalue weighted by molar-refractivity contribution is 5.95. The molecule has 0 bridgehead atoms. The number of aromatic nitrogens is 6. The molecule has 182 valence electrons. The number of hydrogen-bond donors (Lipinski definition) is 2. The molecule has 1 aliphatic heterocycles. The maximum absolute atomic E-state index is 13.8. The Morgan fingerprint density at radius 1 is 1.14 bits per heavy atom. The summed E-state index contributed by atoms with van der Waals surface area (Å²) in [5.41, 5.74) is -0.227. The lowest BCUT2D eigenvalue weighted by Gasteiger charge is -2.17. The number of rotatable bonds is 5. The summed E-state index contributed by atoms with van der Waals surface area (Å²) in [6.07, 6.45) is 3.42. The molecule has 0 radical (unpaired) electrons. The fraction of sp³-hybridized carbons (Fsp3) is 0.435. The standard InChI is InChI=1S/C23H23F3N8O/c24-23(25,26)16-5-3-4-15-18(16)30-22(29-17-6-1-2-9-27-21(17)35)34-20(15)31-19(32-34)14-10-28-33(12-14)11-13-7-8-13/h3-5,10,12-13,17H,1-2,6-9,11H2,(H,27,35)(H,29,30)/t17-/m1/s1. The number of benzene rings is 1. The SMILES string of the molecule is O=C1NCCCC[C@H]1Nc1nc2c(C(F)(F)F)cccc2c2nc(-c3cnn(CC4CC4)c3)nn12. The minimum Gasteiger partial charge on any atom is -0.354 e. The summed E-state index contributed by atoms with van der Waals surface area (Å²) >= 11 is 0. The zero-order chi connectivity index (χ0) is 24.2. The molecule has 4 aromatic rings. The maximum atomic E-state index is 13.8. The lowest BCUT2D eigenvalue weighted by molar-refractivity contribution is -0.136. The summed E-state index contributed by atoms with van der Waals surface area (Å²) in [6.45, 7) is 1.38. The number of nitrogens with zero attached hydrogens (tertiary/aromatic N) is 6. The number of amides is 1. The van der Waals surface area contributed by atoms with Gasteiger partial charge in [0.25, 0.3) is 0 Å². The summed E-state index contributed by atoms with van der Waals surface area (Å²) in [5.74, 6) is 0.776. The Morgan fingerprint density at radius 2 is 2.00 bits per heavy atom. The van der Waals surface area contributed by atoms with E-state index in [0.717, 1.165) is 25.5 Å². The van der Waals surface area contributed by atoms with E-state index in [-0.39, 0.29) is 28.4 Å². The summed E-state index contributed by atoms with van der Waals surface area (Å²) in [6, 6.07) is 3.23. The van der Waals surface area contributed by atoms with E-state index >= 15 is 0 Å². The van der Waals surface area contributed by atoms with Crippen LogP contribution in [0.2, 0.25) is 0 Å². The van der Waals surface area contributed by atoms with Crippen LogP contribution >= 0.6 is 0 Å². The van der Waals surface area contributed by atoms with Crippen molar-refractivity contribution in [1.29, 1.82) is 0 Å². The predicted molar refractivity (Wildman–Crippen MR) is 122 cm³/mol. The normalized spacial score (nSPS) is 19.2. The van der Waals surface area contributed by atoms with Crippen molar-refractivity contribution in [2.75, 3.05) is 11.9 Å². The van der Waals surface area contributed by atoms with E-state index in [1.807, 2.05) is 10.9 Å². The Balaban J connectivity index is 1.50. The monoisotopic (exact) mass is 484 g/mol. The van der Waals surface area contributed by atoms with Crippen molar-refractivity contribution >= 4 is 28.4 Å². The van der Waals surface area contributed by atoms with Crippen molar-refractivity contribution in [2.24, 2.45) is 5.92 Å². The second kappa shape index (κ2) is 8.21. The summed E-state index contributed by atoms with van der Waals surface area (Å²) in [4.78, 5) is 21.4. The molecule has 1 saturated carbocycles. The van der Waals surface area contributed by atoms with Gasteiger partial charge in [0.1, 0.15) is 6.04 Å². The molecule has 0 spiro atoms. The lowest BCUT2D eigenvalue weighted by atomic mass is 10.1. The van der Waals surface area contributed by atoms with Gasteiger partial charge in [-0.3, -0.25) is 9.48 Å². The highest BCUT2D eigenvalue weighted by atomic mass is 19.4. The molecule has 2 aliphatic rings. The van der Waals surface area contributed by atoms with E-state index in [4.69, 9.17) is 0 Å². The fourth-order valence-corrected chi connectivity index (χ4v) is 4.45. The van der Waals surface area contributed by atoms with Gasteiger partial charge in [-0.25, -0.2) is 9.97 Å². The van der Waals surface area contributed by atoms with Gasteiger partial charge in [0, 0.05) is 24.7 Å². The Morgan fingerprint density at radius 3 is 2.80 bits per heavy atom. The number of alkyl halides is 3. The van der Waals surface area contributed by atoms with Crippen LogP contribution in [0.25, 0.3) is 27.9 Å². The molecule has 2 N–H and O–H groups in total. The Bertz CT molecular complexity index is 1420. The van der Waals surface area contributed by atoms with Gasteiger partial charge >= 0.3 is 6.18 Å². The van der Waals surface area contributed by atoms with E-state index in [2.05, 4.69) is 30.8 Å². The van der Waals surface area contributed by atoms with Crippen molar-refractivity contribution in [3.05, 3.63) is 36.2 Å². The highest BCUT2D eigenvalue weighted by Gasteiger charge is 2.34. The van der Waals surface area contributed by atoms with Gasteiger partial charge in [-0.05, 0) is 50.2 Å². The Labute approximate surface area is 197 Å². The lowest BCUT2D eigenvalue weighted by Crippen LogP contribution is -2.38. The molecule has 9 nitrogen and oxygen atoms in total. The average Bonchev–Trinajstić information content (AvgIpc) is 3.38. The molecule has 12 heteroatoms. The van der Waals surface area contributed by atoms with Gasteiger partial charge < -0.3 is 10.6 Å². The number of carbonyl (C=O) groups excluding carboxylic acids is 1. The largest absolute Gasteiger partial charge is 0.418 e. The Kier molecular flexibility index (Phi) is 5.11. The number of anilines is 1.